The summed E-state index contributed by atoms with van der Waals surface area (Å²) in [6.45, 7) is 8.27. The van der Waals surface area contributed by atoms with Gasteiger partial charge in [-0.25, -0.2) is 4.72 Å². The van der Waals surface area contributed by atoms with Crippen molar-refractivity contribution in [2.45, 2.75) is 32.5 Å². The molecule has 0 amide bonds. The topological polar surface area (TPSA) is 47.9 Å². The quantitative estimate of drug-likeness (QED) is 0.100. The van der Waals surface area contributed by atoms with Gasteiger partial charge in [0.2, 0.25) is 0 Å². The maximum Gasteiger partial charge on any atom is 0.429 e. The second-order valence-corrected chi connectivity index (χ2v) is 7.28. The third kappa shape index (κ3) is 9.68. The van der Waals surface area contributed by atoms with Gasteiger partial charge in [-0.1, -0.05) is 60.6 Å². The van der Waals surface area contributed by atoms with Crippen LogP contribution in [-0.4, -0.2) is 18.4 Å². The van der Waals surface area contributed by atoms with Crippen LogP contribution in [0.15, 0.2) is 71.8 Å². The number of hydrogen-bond acceptors (Lipinski definition) is 4. The number of benzene rings is 1. The van der Waals surface area contributed by atoms with Crippen molar-refractivity contribution in [1.29, 1.82) is 5.41 Å². The summed E-state index contributed by atoms with van der Waals surface area (Å²) in [5.74, 6) is 2.49. The first-order chi connectivity index (χ1) is 14.2. The zero-order valence-electron chi connectivity index (χ0n) is 17.0. The molecule has 1 aromatic carbocycles. The Labute approximate surface area is 180 Å². The summed E-state index contributed by atoms with van der Waals surface area (Å²) in [6.07, 6.45) is 8.63. The van der Waals surface area contributed by atoms with E-state index in [9.17, 15) is 13.2 Å². The average Bonchev–Trinajstić information content (AvgIpc) is 2.69. The van der Waals surface area contributed by atoms with E-state index in [0.29, 0.717) is 12.2 Å². The molecule has 0 fully saturated rings. The van der Waals surface area contributed by atoms with Gasteiger partial charge in [-0.2, -0.15) is 13.2 Å². The summed E-state index contributed by atoms with van der Waals surface area (Å²) in [5, 5.41) is 10.3. The van der Waals surface area contributed by atoms with Gasteiger partial charge in [0.1, 0.15) is 5.71 Å². The van der Waals surface area contributed by atoms with E-state index in [0.717, 1.165) is 16.0 Å². The fourth-order valence-corrected chi connectivity index (χ4v) is 2.81. The van der Waals surface area contributed by atoms with Crippen molar-refractivity contribution in [3.8, 4) is 12.3 Å². The molecule has 3 N–H and O–H groups in total. The Morgan fingerprint density at radius 1 is 1.30 bits per heavy atom. The predicted octanol–water partition coefficient (Wildman–Crippen LogP) is 6.00. The van der Waals surface area contributed by atoms with E-state index in [-0.39, 0.29) is 6.04 Å². The van der Waals surface area contributed by atoms with E-state index in [1.165, 1.54) is 18.0 Å². The molecule has 1 rings (SSSR count). The zero-order valence-corrected chi connectivity index (χ0v) is 17.8. The molecule has 160 valence electrons. The molecule has 0 saturated carbocycles. The highest BCUT2D eigenvalue weighted by atomic mass is 32.2. The lowest BCUT2D eigenvalue weighted by atomic mass is 10.0. The van der Waals surface area contributed by atoms with Gasteiger partial charge >= 0.3 is 6.18 Å². The van der Waals surface area contributed by atoms with Gasteiger partial charge in [-0.05, 0) is 43.5 Å². The van der Waals surface area contributed by atoms with E-state index in [2.05, 4.69) is 22.5 Å². The monoisotopic (exact) mass is 433 g/mol. The van der Waals surface area contributed by atoms with E-state index in [1.807, 2.05) is 50.3 Å². The van der Waals surface area contributed by atoms with Gasteiger partial charge in [-0.3, -0.25) is 0 Å². The van der Waals surface area contributed by atoms with Crippen LogP contribution in [0, 0.1) is 24.7 Å². The Bertz CT molecular complexity index is 844. The summed E-state index contributed by atoms with van der Waals surface area (Å²) in [6, 6.07) is 7.28. The molecule has 7 heteroatoms. The second kappa shape index (κ2) is 12.8. The van der Waals surface area contributed by atoms with Gasteiger partial charge in [0, 0.05) is 17.0 Å². The smallest absolute Gasteiger partial charge is 0.375 e. The number of hydrogen-bond donors (Lipinski definition) is 3. The number of halogens is 3. The van der Waals surface area contributed by atoms with Crippen LogP contribution in [0.2, 0.25) is 0 Å². The summed E-state index contributed by atoms with van der Waals surface area (Å²) >= 11 is 1.39. The minimum Gasteiger partial charge on any atom is -0.375 e. The second-order valence-electron chi connectivity index (χ2n) is 6.32. The Morgan fingerprint density at radius 3 is 2.53 bits per heavy atom. The molecule has 1 atom stereocenters. The minimum atomic E-state index is -4.61. The van der Waals surface area contributed by atoms with E-state index in [4.69, 9.17) is 11.8 Å². The van der Waals surface area contributed by atoms with Crippen LogP contribution in [0.1, 0.15) is 30.5 Å². The van der Waals surface area contributed by atoms with E-state index in [1.54, 1.807) is 12.2 Å². The molecule has 0 aliphatic rings. The molecular formula is C23H26F3N3S. The molecule has 0 heterocycles. The molecule has 0 bridgehead atoms. The van der Waals surface area contributed by atoms with Crippen molar-refractivity contribution in [2.75, 3.05) is 6.54 Å². The van der Waals surface area contributed by atoms with Crippen molar-refractivity contribution in [1.82, 2.24) is 10.0 Å². The highest BCUT2D eigenvalue weighted by molar-refractivity contribution is 8.01. The first-order valence-electron chi connectivity index (χ1n) is 9.18. The first-order valence-corrected chi connectivity index (χ1v) is 9.99. The summed E-state index contributed by atoms with van der Waals surface area (Å²) in [4.78, 5) is 0.939. The molecule has 0 saturated heterocycles. The predicted molar refractivity (Wildman–Crippen MR) is 121 cm³/mol. The van der Waals surface area contributed by atoms with Crippen LogP contribution in [-0.2, 0) is 0 Å². The largest absolute Gasteiger partial charge is 0.429 e. The molecular weight excluding hydrogens is 407 g/mol. The van der Waals surface area contributed by atoms with Crippen molar-refractivity contribution < 1.29 is 13.2 Å². The van der Waals surface area contributed by atoms with E-state index >= 15 is 0 Å². The highest BCUT2D eigenvalue weighted by Crippen LogP contribution is 2.21. The van der Waals surface area contributed by atoms with Gasteiger partial charge in [0.05, 0.1) is 12.6 Å². The third-order valence-corrected chi connectivity index (χ3v) is 4.76. The molecule has 0 aliphatic heterocycles. The van der Waals surface area contributed by atoms with E-state index < -0.39 is 18.3 Å². The maximum absolute atomic E-state index is 12.6. The van der Waals surface area contributed by atoms with Crippen LogP contribution >= 0.6 is 11.9 Å². The fraction of sp³-hybridized carbons (Fsp3) is 0.261. The molecule has 0 spiro atoms. The Morgan fingerprint density at radius 2 is 1.97 bits per heavy atom. The molecule has 0 aromatic heterocycles. The van der Waals surface area contributed by atoms with Crippen LogP contribution in [0.4, 0.5) is 13.2 Å². The third-order valence-electron chi connectivity index (χ3n) is 3.87. The molecule has 1 aromatic rings. The molecule has 3 nitrogen and oxygen atoms in total. The highest BCUT2D eigenvalue weighted by Gasteiger charge is 2.32. The Hall–Kier alpha value is -2.69. The number of aryl methyl sites for hydroxylation is 1. The number of terminal acetylenes is 1. The molecule has 0 radical (unpaired) electrons. The number of allylic oxidation sites excluding steroid dienone is 4. The Balaban J connectivity index is 2.88. The van der Waals surface area contributed by atoms with Gasteiger partial charge < -0.3 is 10.7 Å². The van der Waals surface area contributed by atoms with Crippen molar-refractivity contribution >= 4 is 17.7 Å². The van der Waals surface area contributed by atoms with Crippen molar-refractivity contribution in [3.63, 3.8) is 0 Å². The van der Waals surface area contributed by atoms with Gasteiger partial charge in [0.15, 0.2) is 0 Å². The van der Waals surface area contributed by atoms with Crippen molar-refractivity contribution in [3.05, 3.63) is 83.0 Å². The average molecular weight is 434 g/mol. The lowest BCUT2D eigenvalue weighted by molar-refractivity contribution is -0.0607. The first kappa shape index (κ1) is 25.3. The number of nitrogens with one attached hydrogen (secondary N) is 3. The van der Waals surface area contributed by atoms with Crippen LogP contribution in [0.5, 0.6) is 0 Å². The maximum atomic E-state index is 12.6. The van der Waals surface area contributed by atoms with Crippen LogP contribution < -0.4 is 10.0 Å². The SMILES string of the molecule is C#CCNSC(/C=C\C(=C)NC(C=CCC(=N)C(F)(F)F)c1ccc(C)cc1)=C/C. The number of rotatable bonds is 11. The summed E-state index contributed by atoms with van der Waals surface area (Å²) in [7, 11) is 0. The Kier molecular flexibility index (Phi) is 10.8. The molecule has 0 aliphatic carbocycles. The van der Waals surface area contributed by atoms with Crippen LogP contribution in [0.3, 0.4) is 0 Å². The molecule has 1 unspecified atom stereocenters. The summed E-state index contributed by atoms with van der Waals surface area (Å²) < 4.78 is 40.7. The zero-order chi connectivity index (χ0) is 22.6. The normalized spacial score (nSPS) is 13.4. The lowest BCUT2D eigenvalue weighted by Crippen LogP contribution is -2.21. The van der Waals surface area contributed by atoms with Gasteiger partial charge in [0.25, 0.3) is 0 Å². The summed E-state index contributed by atoms with van der Waals surface area (Å²) in [5.41, 5.74) is 1.26. The van der Waals surface area contributed by atoms with Gasteiger partial charge in [-0.15, -0.1) is 6.42 Å². The lowest BCUT2D eigenvalue weighted by Gasteiger charge is -2.18. The standard InChI is InChI=1S/C23H26F3N3S/c1-5-16-28-30-20(6-2)15-12-18(4)29-21(19-13-10-17(3)11-14-19)8-7-9-22(27)23(24,25)26/h1,6-8,10-15,21,27-29H,4,9,16H2,2-3H3/b8-7?,15-12-,20-6+,27-22?. The number of alkyl halides is 3. The minimum absolute atomic E-state index is 0.384. The molecule has 30 heavy (non-hydrogen) atoms. The fourth-order valence-electron chi connectivity index (χ4n) is 2.23. The van der Waals surface area contributed by atoms with Crippen molar-refractivity contribution in [2.24, 2.45) is 0 Å². The van der Waals surface area contributed by atoms with Crippen LogP contribution in [0.25, 0.3) is 0 Å².